The SMILES string of the molecule is OCc1nnc(SCc2c(Cl)ccc3cccnc23)n1C1CC1. The van der Waals surface area contributed by atoms with Crippen molar-refractivity contribution in [3.05, 3.63) is 46.9 Å². The molecule has 5 nitrogen and oxygen atoms in total. The minimum Gasteiger partial charge on any atom is -0.388 e. The van der Waals surface area contributed by atoms with Crippen molar-refractivity contribution in [2.24, 2.45) is 0 Å². The molecule has 118 valence electrons. The molecule has 23 heavy (non-hydrogen) atoms. The second-order valence-electron chi connectivity index (χ2n) is 5.55. The molecule has 3 aromatic rings. The van der Waals surface area contributed by atoms with E-state index in [2.05, 4.69) is 19.7 Å². The summed E-state index contributed by atoms with van der Waals surface area (Å²) in [6.07, 6.45) is 4.02. The van der Waals surface area contributed by atoms with Gasteiger partial charge in [-0.25, -0.2) is 0 Å². The maximum Gasteiger partial charge on any atom is 0.191 e. The Kier molecular flexibility index (Phi) is 3.97. The van der Waals surface area contributed by atoms with Crippen LogP contribution in [0.15, 0.2) is 35.6 Å². The van der Waals surface area contributed by atoms with Gasteiger partial charge in [0, 0.05) is 34.0 Å². The molecule has 0 saturated heterocycles. The first-order chi connectivity index (χ1) is 11.3. The molecule has 0 bridgehead atoms. The number of pyridine rings is 1. The van der Waals surface area contributed by atoms with Crippen molar-refractivity contribution >= 4 is 34.3 Å². The van der Waals surface area contributed by atoms with Gasteiger partial charge < -0.3 is 9.67 Å². The van der Waals surface area contributed by atoms with E-state index in [0.717, 1.165) is 34.5 Å². The first-order valence-corrected chi connectivity index (χ1v) is 8.84. The van der Waals surface area contributed by atoms with Crippen LogP contribution >= 0.6 is 23.4 Å². The van der Waals surface area contributed by atoms with Crippen LogP contribution in [-0.4, -0.2) is 24.9 Å². The second kappa shape index (κ2) is 6.11. The normalized spacial score (nSPS) is 14.5. The third-order valence-corrected chi connectivity index (χ3v) is 5.28. The highest BCUT2D eigenvalue weighted by Crippen LogP contribution is 2.40. The summed E-state index contributed by atoms with van der Waals surface area (Å²) in [4.78, 5) is 4.46. The molecule has 0 aliphatic heterocycles. The predicted molar refractivity (Wildman–Crippen MR) is 90.5 cm³/mol. The zero-order valence-electron chi connectivity index (χ0n) is 12.3. The van der Waals surface area contributed by atoms with Crippen LogP contribution in [0.1, 0.15) is 30.3 Å². The van der Waals surface area contributed by atoms with Gasteiger partial charge in [0.2, 0.25) is 0 Å². The van der Waals surface area contributed by atoms with Crippen molar-refractivity contribution in [2.45, 2.75) is 36.4 Å². The number of hydrogen-bond acceptors (Lipinski definition) is 5. The zero-order chi connectivity index (χ0) is 15.8. The largest absolute Gasteiger partial charge is 0.388 e. The summed E-state index contributed by atoms with van der Waals surface area (Å²) in [7, 11) is 0. The number of hydrogen-bond donors (Lipinski definition) is 1. The highest BCUT2D eigenvalue weighted by Gasteiger charge is 2.29. The quantitative estimate of drug-likeness (QED) is 0.715. The number of rotatable bonds is 5. The number of aromatic nitrogens is 4. The average molecular weight is 347 g/mol. The Morgan fingerprint density at radius 2 is 2.13 bits per heavy atom. The summed E-state index contributed by atoms with van der Waals surface area (Å²) < 4.78 is 2.05. The van der Waals surface area contributed by atoms with Gasteiger partial charge in [-0.3, -0.25) is 4.98 Å². The molecule has 1 aromatic carbocycles. The smallest absolute Gasteiger partial charge is 0.191 e. The summed E-state index contributed by atoms with van der Waals surface area (Å²) in [5, 5.41) is 20.3. The molecular weight excluding hydrogens is 332 g/mol. The van der Waals surface area contributed by atoms with Crippen LogP contribution < -0.4 is 0 Å². The summed E-state index contributed by atoms with van der Waals surface area (Å²) in [6, 6.07) is 8.27. The van der Waals surface area contributed by atoms with E-state index in [4.69, 9.17) is 11.6 Å². The van der Waals surface area contributed by atoms with Gasteiger partial charge in [-0.15, -0.1) is 10.2 Å². The molecule has 0 spiro atoms. The van der Waals surface area contributed by atoms with Crippen molar-refractivity contribution < 1.29 is 5.11 Å². The van der Waals surface area contributed by atoms with E-state index < -0.39 is 0 Å². The predicted octanol–water partition coefficient (Wildman–Crippen LogP) is 3.60. The Labute approximate surface area is 142 Å². The molecule has 1 saturated carbocycles. The molecule has 7 heteroatoms. The van der Waals surface area contributed by atoms with Gasteiger partial charge in [-0.1, -0.05) is 35.5 Å². The van der Waals surface area contributed by atoms with E-state index in [1.54, 1.807) is 18.0 Å². The molecule has 1 fully saturated rings. The molecule has 0 atom stereocenters. The Morgan fingerprint density at radius 3 is 2.91 bits per heavy atom. The Bertz CT molecular complexity index is 862. The molecule has 1 aliphatic carbocycles. The first kappa shape index (κ1) is 14.9. The number of nitrogens with zero attached hydrogens (tertiary/aromatic N) is 4. The van der Waals surface area contributed by atoms with Crippen LogP contribution in [0.5, 0.6) is 0 Å². The highest BCUT2D eigenvalue weighted by molar-refractivity contribution is 7.98. The average Bonchev–Trinajstić information content (AvgIpc) is 3.34. The van der Waals surface area contributed by atoms with Crippen LogP contribution in [0.2, 0.25) is 5.02 Å². The maximum atomic E-state index is 9.42. The fourth-order valence-corrected chi connectivity index (χ4v) is 4.02. The fourth-order valence-electron chi connectivity index (χ4n) is 2.67. The van der Waals surface area contributed by atoms with E-state index in [-0.39, 0.29) is 6.61 Å². The minimum absolute atomic E-state index is 0.0827. The lowest BCUT2D eigenvalue weighted by Gasteiger charge is -2.09. The van der Waals surface area contributed by atoms with Gasteiger partial charge in [0.15, 0.2) is 11.0 Å². The fraction of sp³-hybridized carbons (Fsp3) is 0.312. The first-order valence-electron chi connectivity index (χ1n) is 7.47. The number of fused-ring (bicyclic) bond motifs is 1. The number of aliphatic hydroxyl groups is 1. The third kappa shape index (κ3) is 2.82. The van der Waals surface area contributed by atoms with E-state index in [0.29, 0.717) is 22.6 Å². The molecule has 0 amide bonds. The van der Waals surface area contributed by atoms with Crippen molar-refractivity contribution in [3.8, 4) is 0 Å². The third-order valence-electron chi connectivity index (χ3n) is 3.96. The van der Waals surface area contributed by atoms with E-state index in [9.17, 15) is 5.11 Å². The van der Waals surface area contributed by atoms with Gasteiger partial charge in [0.05, 0.1) is 5.52 Å². The summed E-state index contributed by atoms with van der Waals surface area (Å²) >= 11 is 7.97. The number of aliphatic hydroxyl groups excluding tert-OH is 1. The van der Waals surface area contributed by atoms with Crippen molar-refractivity contribution in [1.82, 2.24) is 19.7 Å². The van der Waals surface area contributed by atoms with Gasteiger partial charge in [0.25, 0.3) is 0 Å². The molecule has 0 radical (unpaired) electrons. The Morgan fingerprint density at radius 1 is 1.26 bits per heavy atom. The Balaban J connectivity index is 1.65. The summed E-state index contributed by atoms with van der Waals surface area (Å²) in [5.41, 5.74) is 1.93. The van der Waals surface area contributed by atoms with Gasteiger partial charge >= 0.3 is 0 Å². The van der Waals surface area contributed by atoms with Gasteiger partial charge in [-0.2, -0.15) is 0 Å². The number of halogens is 1. The van der Waals surface area contributed by atoms with Crippen LogP contribution in [0.4, 0.5) is 0 Å². The van der Waals surface area contributed by atoms with E-state index >= 15 is 0 Å². The van der Waals surface area contributed by atoms with Gasteiger partial charge in [0.1, 0.15) is 6.61 Å². The molecule has 0 unspecified atom stereocenters. The molecule has 2 aromatic heterocycles. The van der Waals surface area contributed by atoms with Crippen LogP contribution in [-0.2, 0) is 12.4 Å². The van der Waals surface area contributed by atoms with Crippen LogP contribution in [0, 0.1) is 0 Å². The maximum absolute atomic E-state index is 9.42. The van der Waals surface area contributed by atoms with E-state index in [1.165, 1.54) is 0 Å². The standard InChI is InChI=1S/C16H15ClN4OS/c17-13-6-3-10-2-1-7-18-15(10)12(13)9-23-16-20-19-14(8-22)21(16)11-4-5-11/h1-3,6-7,11,22H,4-5,8-9H2. The molecule has 4 rings (SSSR count). The zero-order valence-corrected chi connectivity index (χ0v) is 13.9. The molecule has 1 aliphatic rings. The van der Waals surface area contributed by atoms with E-state index in [1.807, 2.05) is 24.3 Å². The summed E-state index contributed by atoms with van der Waals surface area (Å²) in [5.74, 6) is 1.31. The minimum atomic E-state index is -0.0827. The van der Waals surface area contributed by atoms with Gasteiger partial charge in [-0.05, 0) is 25.0 Å². The second-order valence-corrected chi connectivity index (χ2v) is 6.90. The number of benzene rings is 1. The van der Waals surface area contributed by atoms with Crippen molar-refractivity contribution in [1.29, 1.82) is 0 Å². The molecule has 1 N–H and O–H groups in total. The topological polar surface area (TPSA) is 63.8 Å². The Hall–Kier alpha value is -1.63. The molecular formula is C16H15ClN4OS. The highest BCUT2D eigenvalue weighted by atomic mass is 35.5. The lowest BCUT2D eigenvalue weighted by Crippen LogP contribution is -2.03. The van der Waals surface area contributed by atoms with Crippen LogP contribution in [0.25, 0.3) is 10.9 Å². The monoisotopic (exact) mass is 346 g/mol. The summed E-state index contributed by atoms with van der Waals surface area (Å²) in [6.45, 7) is -0.0827. The van der Waals surface area contributed by atoms with Crippen LogP contribution in [0.3, 0.4) is 0 Å². The van der Waals surface area contributed by atoms with Crippen molar-refractivity contribution in [3.63, 3.8) is 0 Å². The lowest BCUT2D eigenvalue weighted by molar-refractivity contribution is 0.263. The number of thioether (sulfide) groups is 1. The van der Waals surface area contributed by atoms with Crippen molar-refractivity contribution in [2.75, 3.05) is 0 Å². The molecule has 2 heterocycles. The lowest BCUT2D eigenvalue weighted by atomic mass is 10.1.